The Balaban J connectivity index is 1.54. The fourth-order valence-corrected chi connectivity index (χ4v) is 4.47. The zero-order valence-electron chi connectivity index (χ0n) is 14.2. The lowest BCUT2D eigenvalue weighted by molar-refractivity contribution is -0.138. The molecule has 2 aliphatic heterocycles. The summed E-state index contributed by atoms with van der Waals surface area (Å²) >= 11 is 0. The Bertz CT molecular complexity index is 674. The second-order valence-electron chi connectivity index (χ2n) is 6.19. The van der Waals surface area contributed by atoms with Crippen LogP contribution in [0.2, 0.25) is 0 Å². The summed E-state index contributed by atoms with van der Waals surface area (Å²) in [6.07, 6.45) is -0.156. The number of ether oxygens (including phenoxy) is 2. The first-order chi connectivity index (χ1) is 12.1. The van der Waals surface area contributed by atoms with E-state index < -0.39 is 10.0 Å². The van der Waals surface area contributed by atoms with Crippen LogP contribution in [-0.2, 0) is 24.3 Å². The van der Waals surface area contributed by atoms with Gasteiger partial charge in [-0.25, -0.2) is 8.42 Å². The maximum Gasteiger partial charge on any atom is 0.223 e. The first-order valence-corrected chi connectivity index (χ1v) is 10.2. The molecule has 1 aromatic carbocycles. The maximum atomic E-state index is 12.5. The van der Waals surface area contributed by atoms with E-state index in [-0.39, 0.29) is 24.2 Å². The highest BCUT2D eigenvalue weighted by molar-refractivity contribution is 7.89. The van der Waals surface area contributed by atoms with Gasteiger partial charge in [-0.3, -0.25) is 4.79 Å². The van der Waals surface area contributed by atoms with Crippen molar-refractivity contribution >= 4 is 15.9 Å². The molecule has 2 fully saturated rings. The van der Waals surface area contributed by atoms with Crippen molar-refractivity contribution in [3.8, 4) is 0 Å². The Kier molecular flexibility index (Phi) is 6.06. The normalized spacial score (nSPS) is 22.7. The van der Waals surface area contributed by atoms with Crippen LogP contribution in [0, 0.1) is 0 Å². The summed E-state index contributed by atoms with van der Waals surface area (Å²) in [5.41, 5.74) is 1.03. The van der Waals surface area contributed by atoms with Crippen LogP contribution in [0.4, 0.5) is 0 Å². The standard InChI is InChI=1S/C17H24N2O5S/c20-17(6-13-25(21,22)19-8-10-23-11-9-19)18-7-12-24-16(14-18)15-4-2-1-3-5-15/h1-5,16H,6-14H2. The lowest BCUT2D eigenvalue weighted by Gasteiger charge is -2.33. The summed E-state index contributed by atoms with van der Waals surface area (Å²) in [6, 6.07) is 9.76. The average Bonchev–Trinajstić information content (AvgIpc) is 2.68. The minimum Gasteiger partial charge on any atom is -0.379 e. The smallest absolute Gasteiger partial charge is 0.223 e. The molecule has 2 aliphatic rings. The molecular weight excluding hydrogens is 344 g/mol. The van der Waals surface area contributed by atoms with Crippen LogP contribution in [0.1, 0.15) is 18.1 Å². The highest BCUT2D eigenvalue weighted by Crippen LogP contribution is 2.22. The Morgan fingerprint density at radius 3 is 2.52 bits per heavy atom. The third-order valence-corrected chi connectivity index (χ3v) is 6.40. The predicted octanol–water partition coefficient (Wildman–Crippen LogP) is 0.639. The van der Waals surface area contributed by atoms with Crippen LogP contribution in [0.5, 0.6) is 0 Å². The van der Waals surface area contributed by atoms with Gasteiger partial charge >= 0.3 is 0 Å². The van der Waals surface area contributed by atoms with E-state index in [2.05, 4.69) is 0 Å². The first-order valence-electron chi connectivity index (χ1n) is 8.56. The minimum absolute atomic E-state index is 0.00119. The molecule has 0 radical (unpaired) electrons. The van der Waals surface area contributed by atoms with E-state index in [1.807, 2.05) is 30.3 Å². The molecule has 0 spiro atoms. The fourth-order valence-electron chi connectivity index (χ4n) is 3.07. The Labute approximate surface area is 148 Å². The zero-order chi connectivity index (χ0) is 17.7. The molecule has 8 heteroatoms. The number of carbonyl (C=O) groups excluding carboxylic acids is 1. The van der Waals surface area contributed by atoms with Crippen molar-refractivity contribution in [1.29, 1.82) is 0 Å². The van der Waals surface area contributed by atoms with Gasteiger partial charge in [-0.1, -0.05) is 30.3 Å². The fraction of sp³-hybridized carbons (Fsp3) is 0.588. The van der Waals surface area contributed by atoms with Crippen molar-refractivity contribution in [1.82, 2.24) is 9.21 Å². The number of hydrogen-bond acceptors (Lipinski definition) is 5. The predicted molar refractivity (Wildman–Crippen MR) is 92.5 cm³/mol. The molecule has 2 saturated heterocycles. The molecule has 0 bridgehead atoms. The Morgan fingerprint density at radius 2 is 1.80 bits per heavy atom. The van der Waals surface area contributed by atoms with Crippen LogP contribution in [0.15, 0.2) is 30.3 Å². The molecule has 0 aliphatic carbocycles. The monoisotopic (exact) mass is 368 g/mol. The van der Waals surface area contributed by atoms with Crippen LogP contribution in [-0.4, -0.2) is 75.3 Å². The molecule has 1 unspecified atom stereocenters. The van der Waals surface area contributed by atoms with E-state index in [0.717, 1.165) is 5.56 Å². The minimum atomic E-state index is -3.41. The molecule has 3 rings (SSSR count). The summed E-state index contributed by atoms with van der Waals surface area (Å²) in [5, 5.41) is 0. The molecule has 0 saturated carbocycles. The van der Waals surface area contributed by atoms with Gasteiger partial charge in [0, 0.05) is 26.1 Å². The van der Waals surface area contributed by atoms with Crippen molar-refractivity contribution in [2.75, 3.05) is 51.8 Å². The molecular formula is C17H24N2O5S. The zero-order valence-corrected chi connectivity index (χ0v) is 15.0. The number of amides is 1. The molecule has 138 valence electrons. The van der Waals surface area contributed by atoms with Crippen molar-refractivity contribution < 1.29 is 22.7 Å². The van der Waals surface area contributed by atoms with Gasteiger partial charge in [0.25, 0.3) is 0 Å². The molecule has 0 aromatic heterocycles. The van der Waals surface area contributed by atoms with Crippen molar-refractivity contribution in [2.24, 2.45) is 0 Å². The summed E-state index contributed by atoms with van der Waals surface area (Å²) in [4.78, 5) is 14.2. The largest absolute Gasteiger partial charge is 0.379 e. The molecule has 25 heavy (non-hydrogen) atoms. The topological polar surface area (TPSA) is 76.2 Å². The quantitative estimate of drug-likeness (QED) is 0.762. The van der Waals surface area contributed by atoms with E-state index in [4.69, 9.17) is 9.47 Å². The number of morpholine rings is 2. The first kappa shape index (κ1) is 18.3. The molecule has 2 heterocycles. The van der Waals surface area contributed by atoms with Gasteiger partial charge in [0.2, 0.25) is 15.9 Å². The van der Waals surface area contributed by atoms with Crippen molar-refractivity contribution in [2.45, 2.75) is 12.5 Å². The van der Waals surface area contributed by atoms with E-state index in [0.29, 0.717) is 46.0 Å². The number of sulfonamides is 1. The van der Waals surface area contributed by atoms with Gasteiger partial charge < -0.3 is 14.4 Å². The SMILES string of the molecule is O=C(CCS(=O)(=O)N1CCOCC1)N1CCOC(c2ccccc2)C1. The molecule has 0 N–H and O–H groups in total. The molecule has 1 atom stereocenters. The summed E-state index contributed by atoms with van der Waals surface area (Å²) in [7, 11) is -3.41. The van der Waals surface area contributed by atoms with E-state index in [9.17, 15) is 13.2 Å². The third-order valence-electron chi connectivity index (χ3n) is 4.53. The highest BCUT2D eigenvalue weighted by atomic mass is 32.2. The lowest BCUT2D eigenvalue weighted by Crippen LogP contribution is -2.45. The van der Waals surface area contributed by atoms with Crippen molar-refractivity contribution in [3.63, 3.8) is 0 Å². The molecule has 7 nitrogen and oxygen atoms in total. The summed E-state index contributed by atoms with van der Waals surface area (Å²) in [6.45, 7) is 2.97. The van der Waals surface area contributed by atoms with Crippen LogP contribution in [0.3, 0.4) is 0 Å². The Morgan fingerprint density at radius 1 is 1.08 bits per heavy atom. The van der Waals surface area contributed by atoms with Gasteiger partial charge in [-0.05, 0) is 5.56 Å². The third kappa shape index (κ3) is 4.78. The van der Waals surface area contributed by atoms with Gasteiger partial charge in [-0.2, -0.15) is 4.31 Å². The Hall–Kier alpha value is -1.48. The van der Waals surface area contributed by atoms with E-state index in [1.54, 1.807) is 4.90 Å². The molecule has 1 amide bonds. The number of rotatable bonds is 5. The van der Waals surface area contributed by atoms with Crippen LogP contribution >= 0.6 is 0 Å². The summed E-state index contributed by atoms with van der Waals surface area (Å²) in [5.74, 6) is -0.291. The van der Waals surface area contributed by atoms with Crippen LogP contribution in [0.25, 0.3) is 0 Å². The second kappa shape index (κ2) is 8.27. The maximum absolute atomic E-state index is 12.5. The van der Waals surface area contributed by atoms with E-state index in [1.165, 1.54) is 4.31 Å². The number of carbonyl (C=O) groups is 1. The highest BCUT2D eigenvalue weighted by Gasteiger charge is 2.28. The van der Waals surface area contributed by atoms with E-state index >= 15 is 0 Å². The summed E-state index contributed by atoms with van der Waals surface area (Å²) < 4.78 is 37.0. The van der Waals surface area contributed by atoms with Gasteiger partial charge in [0.15, 0.2) is 0 Å². The van der Waals surface area contributed by atoms with Gasteiger partial charge in [0.05, 0.1) is 32.1 Å². The number of nitrogens with zero attached hydrogens (tertiary/aromatic N) is 2. The average molecular weight is 368 g/mol. The lowest BCUT2D eigenvalue weighted by atomic mass is 10.1. The number of hydrogen-bond donors (Lipinski definition) is 0. The molecule has 1 aromatic rings. The van der Waals surface area contributed by atoms with Gasteiger partial charge in [0.1, 0.15) is 6.10 Å². The second-order valence-corrected chi connectivity index (χ2v) is 8.28. The van der Waals surface area contributed by atoms with Crippen molar-refractivity contribution in [3.05, 3.63) is 35.9 Å². The van der Waals surface area contributed by atoms with Crippen LogP contribution < -0.4 is 0 Å². The number of benzene rings is 1. The van der Waals surface area contributed by atoms with Gasteiger partial charge in [-0.15, -0.1) is 0 Å².